The van der Waals surface area contributed by atoms with Crippen molar-refractivity contribution in [3.63, 3.8) is 0 Å². The van der Waals surface area contributed by atoms with Gasteiger partial charge in [-0.3, -0.25) is 4.55 Å². The fraction of sp³-hybridized carbons (Fsp3) is 0.455. The largest absolute Gasteiger partial charge is 0.385 e. The first-order valence-corrected chi connectivity index (χ1v) is 6.76. The quantitative estimate of drug-likeness (QED) is 0.613. The maximum atomic E-state index is 10.5. The molecule has 2 N–H and O–H groups in total. The van der Waals surface area contributed by atoms with Crippen molar-refractivity contribution in [3.8, 4) is 0 Å². The number of hydrogen-bond acceptors (Lipinski definition) is 3. The minimum atomic E-state index is -3.84. The van der Waals surface area contributed by atoms with E-state index in [0.29, 0.717) is 13.0 Å². The lowest BCUT2D eigenvalue weighted by molar-refractivity contribution is 0.481. The van der Waals surface area contributed by atoms with Gasteiger partial charge in [0.2, 0.25) is 0 Å². The maximum Gasteiger partial charge on any atom is 0.264 e. The van der Waals surface area contributed by atoms with Gasteiger partial charge in [0.05, 0.1) is 5.75 Å². The van der Waals surface area contributed by atoms with Crippen LogP contribution in [0.5, 0.6) is 0 Å². The molecule has 0 saturated carbocycles. The molecule has 0 bridgehead atoms. The molecule has 1 aromatic carbocycles. The van der Waals surface area contributed by atoms with Crippen molar-refractivity contribution in [1.82, 2.24) is 0 Å². The molecule has 4 nitrogen and oxygen atoms in total. The zero-order valence-corrected chi connectivity index (χ0v) is 10.3. The second-order valence-electron chi connectivity index (χ2n) is 3.83. The highest BCUT2D eigenvalue weighted by Crippen LogP contribution is 2.19. The zero-order valence-electron chi connectivity index (χ0n) is 9.53. The van der Waals surface area contributed by atoms with Gasteiger partial charge in [0, 0.05) is 12.2 Å². The number of anilines is 1. The first kappa shape index (κ1) is 13.0. The van der Waals surface area contributed by atoms with Gasteiger partial charge in [0.25, 0.3) is 10.1 Å². The van der Waals surface area contributed by atoms with Gasteiger partial charge in [-0.1, -0.05) is 18.2 Å². The van der Waals surface area contributed by atoms with E-state index in [1.807, 2.05) is 32.0 Å². The fourth-order valence-electron chi connectivity index (χ4n) is 1.56. The minimum Gasteiger partial charge on any atom is -0.385 e. The van der Waals surface area contributed by atoms with E-state index in [0.717, 1.165) is 16.8 Å². The summed E-state index contributed by atoms with van der Waals surface area (Å²) in [5.41, 5.74) is 3.30. The molecule has 0 saturated heterocycles. The van der Waals surface area contributed by atoms with Gasteiger partial charge in [0.15, 0.2) is 0 Å². The summed E-state index contributed by atoms with van der Waals surface area (Å²) in [4.78, 5) is 0. The Hall–Kier alpha value is -1.07. The van der Waals surface area contributed by atoms with Crippen molar-refractivity contribution in [2.24, 2.45) is 0 Å². The molecule has 0 radical (unpaired) electrons. The molecule has 16 heavy (non-hydrogen) atoms. The van der Waals surface area contributed by atoms with Gasteiger partial charge in [-0.15, -0.1) is 0 Å². The Labute approximate surface area is 96.4 Å². The van der Waals surface area contributed by atoms with Gasteiger partial charge in [0.1, 0.15) is 0 Å². The predicted molar refractivity (Wildman–Crippen MR) is 65.4 cm³/mol. The molecule has 0 spiro atoms. The van der Waals surface area contributed by atoms with Crippen LogP contribution < -0.4 is 5.32 Å². The molecule has 0 amide bonds. The summed E-state index contributed by atoms with van der Waals surface area (Å²) in [6, 6.07) is 5.98. The van der Waals surface area contributed by atoms with E-state index in [4.69, 9.17) is 4.55 Å². The smallest absolute Gasteiger partial charge is 0.264 e. The van der Waals surface area contributed by atoms with E-state index in [2.05, 4.69) is 5.32 Å². The van der Waals surface area contributed by atoms with E-state index < -0.39 is 10.1 Å². The lowest BCUT2D eigenvalue weighted by Gasteiger charge is -2.11. The third kappa shape index (κ3) is 4.20. The van der Waals surface area contributed by atoms with Crippen LogP contribution in [0.3, 0.4) is 0 Å². The Bertz CT molecular complexity index is 434. The zero-order chi connectivity index (χ0) is 12.2. The summed E-state index contributed by atoms with van der Waals surface area (Å²) in [6.07, 6.45) is 0.395. The lowest BCUT2D eigenvalue weighted by Crippen LogP contribution is -2.11. The second kappa shape index (κ2) is 5.32. The van der Waals surface area contributed by atoms with Crippen LogP contribution in [-0.2, 0) is 10.1 Å². The van der Waals surface area contributed by atoms with Crippen molar-refractivity contribution in [2.75, 3.05) is 17.6 Å². The Kier molecular flexibility index (Phi) is 4.32. The Morgan fingerprint density at radius 2 is 1.81 bits per heavy atom. The minimum absolute atomic E-state index is 0.203. The van der Waals surface area contributed by atoms with Gasteiger partial charge in [-0.05, 0) is 31.4 Å². The summed E-state index contributed by atoms with van der Waals surface area (Å²) in [5.74, 6) is -0.203. The van der Waals surface area contributed by atoms with E-state index in [1.54, 1.807) is 0 Å². The highest BCUT2D eigenvalue weighted by atomic mass is 32.2. The second-order valence-corrected chi connectivity index (χ2v) is 5.41. The summed E-state index contributed by atoms with van der Waals surface area (Å²) < 4.78 is 29.6. The molecule has 1 aromatic rings. The van der Waals surface area contributed by atoms with Gasteiger partial charge >= 0.3 is 0 Å². The van der Waals surface area contributed by atoms with Crippen molar-refractivity contribution in [1.29, 1.82) is 0 Å². The molecule has 0 aliphatic rings. The van der Waals surface area contributed by atoms with E-state index >= 15 is 0 Å². The summed E-state index contributed by atoms with van der Waals surface area (Å²) >= 11 is 0. The monoisotopic (exact) mass is 243 g/mol. The first-order chi connectivity index (χ1) is 7.40. The van der Waals surface area contributed by atoms with E-state index in [9.17, 15) is 8.42 Å². The molecule has 0 aliphatic carbocycles. The number of para-hydroxylation sites is 1. The third-order valence-corrected chi connectivity index (χ3v) is 3.17. The van der Waals surface area contributed by atoms with E-state index in [1.165, 1.54) is 0 Å². The van der Waals surface area contributed by atoms with Crippen LogP contribution in [0.1, 0.15) is 17.5 Å². The maximum absolute atomic E-state index is 10.5. The number of hydrogen-bond donors (Lipinski definition) is 2. The number of nitrogens with one attached hydrogen (secondary N) is 1. The normalized spacial score (nSPS) is 11.4. The molecule has 5 heteroatoms. The highest BCUT2D eigenvalue weighted by Gasteiger charge is 2.04. The van der Waals surface area contributed by atoms with Crippen LogP contribution in [0, 0.1) is 13.8 Å². The average Bonchev–Trinajstić information content (AvgIpc) is 2.14. The summed E-state index contributed by atoms with van der Waals surface area (Å²) in [5, 5.41) is 3.18. The van der Waals surface area contributed by atoms with Gasteiger partial charge in [-0.25, -0.2) is 0 Å². The van der Waals surface area contributed by atoms with E-state index in [-0.39, 0.29) is 5.75 Å². The van der Waals surface area contributed by atoms with Crippen molar-refractivity contribution in [2.45, 2.75) is 20.3 Å². The van der Waals surface area contributed by atoms with Gasteiger partial charge < -0.3 is 5.32 Å². The SMILES string of the molecule is Cc1cccc(C)c1NCCCS(=O)(=O)O. The molecule has 0 heterocycles. The Morgan fingerprint density at radius 1 is 1.25 bits per heavy atom. The van der Waals surface area contributed by atoms with Crippen LogP contribution in [0.15, 0.2) is 18.2 Å². The molecule has 0 atom stereocenters. The van der Waals surface area contributed by atoms with Crippen LogP contribution in [0.2, 0.25) is 0 Å². The summed E-state index contributed by atoms with van der Waals surface area (Å²) in [7, 11) is -3.84. The number of benzene rings is 1. The standard InChI is InChI=1S/C11H17NO3S/c1-9-5-3-6-10(2)11(9)12-7-4-8-16(13,14)15/h3,5-6,12H,4,7-8H2,1-2H3,(H,13,14,15). The van der Waals surface area contributed by atoms with Crippen LogP contribution >= 0.6 is 0 Å². The molecule has 0 aliphatic heterocycles. The first-order valence-electron chi connectivity index (χ1n) is 5.15. The molecule has 0 aromatic heterocycles. The van der Waals surface area contributed by atoms with Crippen molar-refractivity contribution < 1.29 is 13.0 Å². The van der Waals surface area contributed by atoms with Crippen molar-refractivity contribution in [3.05, 3.63) is 29.3 Å². The molecule has 90 valence electrons. The number of rotatable bonds is 5. The molecule has 0 unspecified atom stereocenters. The summed E-state index contributed by atoms with van der Waals surface area (Å²) in [6.45, 7) is 4.53. The van der Waals surface area contributed by atoms with Crippen LogP contribution in [0.25, 0.3) is 0 Å². The molecular weight excluding hydrogens is 226 g/mol. The molecule has 1 rings (SSSR count). The third-order valence-electron chi connectivity index (χ3n) is 2.36. The Morgan fingerprint density at radius 3 is 2.31 bits per heavy atom. The average molecular weight is 243 g/mol. The Balaban J connectivity index is 2.49. The molecule has 0 fully saturated rings. The number of aryl methyl sites for hydroxylation is 2. The van der Waals surface area contributed by atoms with Crippen molar-refractivity contribution >= 4 is 15.8 Å². The van der Waals surface area contributed by atoms with Crippen LogP contribution in [-0.4, -0.2) is 25.3 Å². The lowest BCUT2D eigenvalue weighted by atomic mass is 10.1. The fourth-order valence-corrected chi connectivity index (χ4v) is 2.07. The van der Waals surface area contributed by atoms with Gasteiger partial charge in [-0.2, -0.15) is 8.42 Å². The highest BCUT2D eigenvalue weighted by molar-refractivity contribution is 7.85. The predicted octanol–water partition coefficient (Wildman–Crippen LogP) is 1.99. The molecular formula is C11H17NO3S. The van der Waals surface area contributed by atoms with Crippen LogP contribution in [0.4, 0.5) is 5.69 Å². The topological polar surface area (TPSA) is 66.4 Å².